The Bertz CT molecular complexity index is 487. The van der Waals surface area contributed by atoms with Gasteiger partial charge in [-0.3, -0.25) is 4.72 Å². The highest BCUT2D eigenvalue weighted by molar-refractivity contribution is 7.90. The number of aryl methyl sites for hydroxylation is 1. The van der Waals surface area contributed by atoms with Crippen LogP contribution in [0.4, 0.5) is 5.69 Å². The molecule has 1 N–H and O–H groups in total. The van der Waals surface area contributed by atoms with Crippen LogP contribution >= 0.6 is 11.6 Å². The quantitative estimate of drug-likeness (QED) is 0.751. The lowest BCUT2D eigenvalue weighted by atomic mass is 10.1. The second-order valence-corrected chi connectivity index (χ2v) is 6.23. The number of rotatable bonds is 8. The Morgan fingerprint density at radius 1 is 1.26 bits per heavy atom. The first-order chi connectivity index (χ1) is 9.03. The van der Waals surface area contributed by atoms with Crippen LogP contribution in [0.3, 0.4) is 0 Å². The summed E-state index contributed by atoms with van der Waals surface area (Å²) in [6.45, 7) is 4.55. The number of hydrogen-bond acceptors (Lipinski definition) is 2. The summed E-state index contributed by atoms with van der Waals surface area (Å²) >= 11 is 5.66. The first kappa shape index (κ1) is 16.3. The zero-order valence-corrected chi connectivity index (χ0v) is 13.0. The van der Waals surface area contributed by atoms with Crippen molar-refractivity contribution in [2.45, 2.75) is 26.7 Å². The highest BCUT2D eigenvalue weighted by atomic mass is 35.5. The van der Waals surface area contributed by atoms with Crippen LogP contribution in [0.25, 0.3) is 0 Å². The smallest absolute Gasteiger partial charge is 0.271 e. The molecule has 0 aliphatic carbocycles. The van der Waals surface area contributed by atoms with E-state index in [1.807, 2.05) is 32.0 Å². The van der Waals surface area contributed by atoms with Crippen LogP contribution in [-0.4, -0.2) is 31.7 Å². The molecule has 0 aromatic heterocycles. The molecular weight excluding hydrogens is 284 g/mol. The van der Waals surface area contributed by atoms with Crippen LogP contribution in [0.2, 0.25) is 0 Å². The Labute approximate surface area is 120 Å². The first-order valence-corrected chi connectivity index (χ1v) is 8.43. The van der Waals surface area contributed by atoms with Gasteiger partial charge in [-0.1, -0.05) is 26.0 Å². The molecule has 0 radical (unpaired) electrons. The normalized spacial score (nSPS) is 11.8. The van der Waals surface area contributed by atoms with Crippen molar-refractivity contribution in [1.29, 1.82) is 0 Å². The molecule has 19 heavy (non-hydrogen) atoms. The minimum atomic E-state index is -3.46. The predicted molar refractivity (Wildman–Crippen MR) is 80.9 cm³/mol. The molecular formula is C13H21ClN2O2S. The highest BCUT2D eigenvalue weighted by Crippen LogP contribution is 2.15. The van der Waals surface area contributed by atoms with Crippen LogP contribution in [0.1, 0.15) is 25.8 Å². The highest BCUT2D eigenvalue weighted by Gasteiger charge is 2.18. The van der Waals surface area contributed by atoms with Crippen LogP contribution in [0.15, 0.2) is 24.3 Å². The van der Waals surface area contributed by atoms with E-state index in [2.05, 4.69) is 4.72 Å². The Balaban J connectivity index is 2.81. The number of nitrogens with one attached hydrogen (secondary N) is 1. The van der Waals surface area contributed by atoms with Gasteiger partial charge in [0, 0.05) is 19.0 Å². The second-order valence-electron chi connectivity index (χ2n) is 4.18. The Hall–Kier alpha value is -0.780. The van der Waals surface area contributed by atoms with Crippen molar-refractivity contribution in [2.75, 3.05) is 23.7 Å². The van der Waals surface area contributed by atoms with Crippen LogP contribution in [0.5, 0.6) is 0 Å². The third-order valence-corrected chi connectivity index (χ3v) is 4.78. The fourth-order valence-corrected chi connectivity index (χ4v) is 3.21. The van der Waals surface area contributed by atoms with Crippen LogP contribution in [0, 0.1) is 0 Å². The maximum absolute atomic E-state index is 12.1. The van der Waals surface area contributed by atoms with E-state index in [-0.39, 0.29) is 0 Å². The third-order valence-electron chi connectivity index (χ3n) is 2.82. The number of anilines is 1. The monoisotopic (exact) mass is 304 g/mol. The topological polar surface area (TPSA) is 49.4 Å². The molecule has 0 heterocycles. The van der Waals surface area contributed by atoms with E-state index in [1.54, 1.807) is 6.07 Å². The molecule has 0 atom stereocenters. The molecule has 0 amide bonds. The van der Waals surface area contributed by atoms with Gasteiger partial charge in [-0.25, -0.2) is 0 Å². The lowest BCUT2D eigenvalue weighted by Crippen LogP contribution is -2.35. The molecule has 0 bridgehead atoms. The summed E-state index contributed by atoms with van der Waals surface area (Å²) in [7, 11) is -3.46. The summed E-state index contributed by atoms with van der Waals surface area (Å²) in [5.74, 6) is 0.607. The molecule has 1 rings (SSSR count). The standard InChI is InChI=1S/C13H21ClN2O2S/c1-3-16(4-2)19(17,18)15-13-9-5-7-12(11-13)8-6-10-14/h5,7,9,11,15H,3-4,6,8,10H2,1-2H3. The summed E-state index contributed by atoms with van der Waals surface area (Å²) < 4.78 is 28.2. The van der Waals surface area contributed by atoms with Crippen molar-refractivity contribution >= 4 is 27.5 Å². The average molecular weight is 305 g/mol. The summed E-state index contributed by atoms with van der Waals surface area (Å²) in [5, 5.41) is 0. The van der Waals surface area contributed by atoms with Crippen molar-refractivity contribution < 1.29 is 8.42 Å². The lowest BCUT2D eigenvalue weighted by Gasteiger charge is -2.19. The SMILES string of the molecule is CCN(CC)S(=O)(=O)Nc1cccc(CCCCl)c1. The molecule has 0 saturated heterocycles. The van der Waals surface area contributed by atoms with Gasteiger partial charge in [0.15, 0.2) is 0 Å². The minimum Gasteiger partial charge on any atom is -0.271 e. The van der Waals surface area contributed by atoms with Crippen molar-refractivity contribution in [2.24, 2.45) is 0 Å². The van der Waals surface area contributed by atoms with Crippen LogP contribution in [-0.2, 0) is 16.6 Å². The molecule has 0 saturated carbocycles. The van der Waals surface area contributed by atoms with E-state index in [9.17, 15) is 8.42 Å². The fourth-order valence-electron chi connectivity index (χ4n) is 1.84. The van der Waals surface area contributed by atoms with Gasteiger partial charge in [0.25, 0.3) is 0 Å². The van der Waals surface area contributed by atoms with E-state index in [4.69, 9.17) is 11.6 Å². The molecule has 1 aromatic rings. The van der Waals surface area contributed by atoms with Gasteiger partial charge >= 0.3 is 10.2 Å². The molecule has 108 valence electrons. The molecule has 0 fully saturated rings. The summed E-state index contributed by atoms with van der Waals surface area (Å²) in [5.41, 5.74) is 1.68. The maximum atomic E-state index is 12.1. The van der Waals surface area contributed by atoms with E-state index in [0.717, 1.165) is 18.4 Å². The summed E-state index contributed by atoms with van der Waals surface area (Å²) in [6.07, 6.45) is 1.73. The second kappa shape index (κ2) is 7.72. The average Bonchev–Trinajstić information content (AvgIpc) is 2.37. The van der Waals surface area contributed by atoms with Gasteiger partial charge in [-0.05, 0) is 30.5 Å². The Morgan fingerprint density at radius 3 is 2.53 bits per heavy atom. The van der Waals surface area contributed by atoms with Gasteiger partial charge in [0.2, 0.25) is 0 Å². The molecule has 6 heteroatoms. The molecule has 4 nitrogen and oxygen atoms in total. The van der Waals surface area contributed by atoms with Gasteiger partial charge in [-0.2, -0.15) is 12.7 Å². The largest absolute Gasteiger partial charge is 0.301 e. The number of alkyl halides is 1. The van der Waals surface area contributed by atoms with Crippen molar-refractivity contribution in [3.8, 4) is 0 Å². The van der Waals surface area contributed by atoms with Crippen molar-refractivity contribution in [3.05, 3.63) is 29.8 Å². The molecule has 1 aromatic carbocycles. The molecule has 0 aliphatic heterocycles. The number of nitrogens with zero attached hydrogens (tertiary/aromatic N) is 1. The third kappa shape index (κ3) is 5.01. The molecule has 0 unspecified atom stereocenters. The zero-order valence-electron chi connectivity index (χ0n) is 11.4. The van der Waals surface area contributed by atoms with Gasteiger partial charge < -0.3 is 0 Å². The summed E-state index contributed by atoms with van der Waals surface area (Å²) in [6, 6.07) is 7.43. The summed E-state index contributed by atoms with van der Waals surface area (Å²) in [4.78, 5) is 0. The Morgan fingerprint density at radius 2 is 1.95 bits per heavy atom. The molecule has 0 aliphatic rings. The number of benzene rings is 1. The zero-order chi connectivity index (χ0) is 14.3. The maximum Gasteiger partial charge on any atom is 0.301 e. The van der Waals surface area contributed by atoms with E-state index in [0.29, 0.717) is 24.7 Å². The van der Waals surface area contributed by atoms with Crippen LogP contribution < -0.4 is 4.72 Å². The van der Waals surface area contributed by atoms with Gasteiger partial charge in [0.1, 0.15) is 0 Å². The first-order valence-electron chi connectivity index (χ1n) is 6.46. The number of halogens is 1. The molecule has 0 spiro atoms. The van der Waals surface area contributed by atoms with E-state index in [1.165, 1.54) is 4.31 Å². The van der Waals surface area contributed by atoms with E-state index >= 15 is 0 Å². The predicted octanol–water partition coefficient (Wildman–Crippen LogP) is 2.86. The lowest BCUT2D eigenvalue weighted by molar-refractivity contribution is 0.449. The Kier molecular flexibility index (Phi) is 6.62. The minimum absolute atomic E-state index is 0.456. The number of hydrogen-bond donors (Lipinski definition) is 1. The van der Waals surface area contributed by atoms with Gasteiger partial charge in [-0.15, -0.1) is 11.6 Å². The van der Waals surface area contributed by atoms with Crippen molar-refractivity contribution in [3.63, 3.8) is 0 Å². The van der Waals surface area contributed by atoms with Gasteiger partial charge in [0.05, 0.1) is 5.69 Å². The van der Waals surface area contributed by atoms with E-state index < -0.39 is 10.2 Å². The fraction of sp³-hybridized carbons (Fsp3) is 0.538. The van der Waals surface area contributed by atoms with Crippen molar-refractivity contribution in [1.82, 2.24) is 4.31 Å².